The van der Waals surface area contributed by atoms with Crippen LogP contribution in [0.3, 0.4) is 0 Å². The highest BCUT2D eigenvalue weighted by Crippen LogP contribution is 2.40. The monoisotopic (exact) mass is 637 g/mol. The lowest BCUT2D eigenvalue weighted by Gasteiger charge is -2.31. The number of allylic oxidation sites excluding steroid dienone is 1. The van der Waals surface area contributed by atoms with E-state index in [0.29, 0.717) is 28.2 Å². The molecule has 3 N–H and O–H groups in total. The van der Waals surface area contributed by atoms with Gasteiger partial charge in [-0.15, -0.1) is 0 Å². The van der Waals surface area contributed by atoms with Crippen LogP contribution in [0.15, 0.2) is 75.7 Å². The van der Waals surface area contributed by atoms with E-state index in [0.717, 1.165) is 69.3 Å². The maximum Gasteiger partial charge on any atom is 0.315 e. The summed E-state index contributed by atoms with van der Waals surface area (Å²) in [5.41, 5.74) is 3.68. The maximum atomic E-state index is 13.9. The highest BCUT2D eigenvalue weighted by Gasteiger charge is 2.41. The summed E-state index contributed by atoms with van der Waals surface area (Å²) in [5, 5.41) is 19.3. The molecule has 47 heavy (non-hydrogen) atoms. The first kappa shape index (κ1) is 33.3. The Balaban J connectivity index is 1.35. The second-order valence-electron chi connectivity index (χ2n) is 11.6. The van der Waals surface area contributed by atoms with Gasteiger partial charge in [0.25, 0.3) is 11.5 Å². The summed E-state index contributed by atoms with van der Waals surface area (Å²) >= 11 is 0. The summed E-state index contributed by atoms with van der Waals surface area (Å²) in [6.07, 6.45) is 2.86. The second kappa shape index (κ2) is 15.5. The largest absolute Gasteiger partial charge is 0.505 e. The molecule has 5 rings (SSSR count). The van der Waals surface area contributed by atoms with Crippen LogP contribution in [-0.2, 0) is 19.1 Å². The third-order valence-corrected chi connectivity index (χ3v) is 8.34. The molecular weight excluding hydrogens is 598 g/mol. The molecule has 11 nitrogen and oxygen atoms in total. The van der Waals surface area contributed by atoms with Crippen molar-refractivity contribution in [2.45, 2.75) is 39.0 Å². The van der Waals surface area contributed by atoms with Crippen molar-refractivity contribution in [3.8, 4) is 28.8 Å². The number of amides is 1. The van der Waals surface area contributed by atoms with Crippen LogP contribution in [0.4, 0.5) is 5.69 Å². The number of aromatic nitrogens is 2. The van der Waals surface area contributed by atoms with Gasteiger partial charge in [-0.25, -0.2) is 5.10 Å². The molecule has 2 aliphatic heterocycles. The van der Waals surface area contributed by atoms with E-state index in [1.807, 2.05) is 24.3 Å². The van der Waals surface area contributed by atoms with E-state index in [1.165, 1.54) is 7.11 Å². The number of rotatable bonds is 9. The highest BCUT2D eigenvalue weighted by atomic mass is 16.5. The minimum atomic E-state index is -0.801. The Kier molecular flexibility index (Phi) is 11.0. The molecule has 0 saturated carbocycles. The molecule has 2 aromatic carbocycles. The number of morpholine rings is 1. The lowest BCUT2D eigenvalue weighted by Crippen LogP contribution is -2.37. The molecule has 244 valence electrons. The zero-order valence-corrected chi connectivity index (χ0v) is 26.8. The Bertz CT molecular complexity index is 1790. The number of carbonyl (C=O) groups excluding carboxylic acids is 2. The normalized spacial score (nSPS) is 18.1. The van der Waals surface area contributed by atoms with Crippen LogP contribution in [0.25, 0.3) is 11.3 Å². The predicted octanol–water partition coefficient (Wildman–Crippen LogP) is 4.26. The second-order valence-corrected chi connectivity index (χ2v) is 11.6. The Morgan fingerprint density at radius 3 is 2.60 bits per heavy atom. The summed E-state index contributed by atoms with van der Waals surface area (Å²) in [7, 11) is 1.33. The highest BCUT2D eigenvalue weighted by molar-refractivity contribution is 6.11. The molecule has 2 unspecified atom stereocenters. The summed E-state index contributed by atoms with van der Waals surface area (Å²) in [4.78, 5) is 45.5. The minimum absolute atomic E-state index is 0.204. The van der Waals surface area contributed by atoms with Gasteiger partial charge >= 0.3 is 5.97 Å². The first-order valence-electron chi connectivity index (χ1n) is 15.7. The van der Waals surface area contributed by atoms with Gasteiger partial charge < -0.3 is 19.9 Å². The smallest absolute Gasteiger partial charge is 0.315 e. The van der Waals surface area contributed by atoms with Crippen LogP contribution in [0.2, 0.25) is 0 Å². The number of esters is 1. The van der Waals surface area contributed by atoms with Crippen molar-refractivity contribution < 1.29 is 24.2 Å². The zero-order valence-electron chi connectivity index (χ0n) is 26.8. The van der Waals surface area contributed by atoms with E-state index < -0.39 is 29.3 Å². The number of nitrogens with one attached hydrogen (secondary N) is 2. The van der Waals surface area contributed by atoms with Crippen LogP contribution in [-0.4, -0.2) is 77.7 Å². The van der Waals surface area contributed by atoms with Crippen molar-refractivity contribution in [3.63, 3.8) is 0 Å². The molecule has 0 bridgehead atoms. The summed E-state index contributed by atoms with van der Waals surface area (Å²) < 4.78 is 10.6. The number of anilines is 1. The number of H-pyrrole nitrogens is 1. The van der Waals surface area contributed by atoms with Crippen LogP contribution < -0.4 is 10.9 Å². The topological polar surface area (TPSA) is 146 Å². The summed E-state index contributed by atoms with van der Waals surface area (Å²) in [5.74, 6) is 3.94. The molecule has 2 aliphatic rings. The van der Waals surface area contributed by atoms with Crippen LogP contribution in [0, 0.1) is 17.8 Å². The van der Waals surface area contributed by atoms with Gasteiger partial charge in [0.1, 0.15) is 17.4 Å². The number of aromatic amines is 1. The van der Waals surface area contributed by atoms with Crippen molar-refractivity contribution in [1.82, 2.24) is 15.1 Å². The Labute approximate surface area is 273 Å². The van der Waals surface area contributed by atoms with Gasteiger partial charge in [0.2, 0.25) is 0 Å². The summed E-state index contributed by atoms with van der Waals surface area (Å²) in [6.45, 7) is 8.14. The standard InChI is InChI=1S/C36H39N5O6/c1-23-31(35(44)38-28-14-12-26(13-15-28)34-29(42)22-30(43)39-40-34)33(32(24(2)37-23)36(45)46-3)27-11-8-10-25(21-27)9-6-4-5-7-16-41-17-19-47-20-18-41/h8,10-15,21-22,32-33H,4-5,7,16-20H2,1-3H3,(H,38,44)(H2,39,42,43). The number of nitrogens with zero attached hydrogens (tertiary/aromatic N) is 3. The van der Waals surface area contributed by atoms with Gasteiger partial charge in [0, 0.05) is 65.3 Å². The average molecular weight is 638 g/mol. The number of methoxy groups -OCH3 is 1. The van der Waals surface area contributed by atoms with Gasteiger partial charge in [-0.05, 0) is 63.1 Å². The fourth-order valence-corrected chi connectivity index (χ4v) is 5.99. The third kappa shape index (κ3) is 8.22. The molecule has 1 saturated heterocycles. The van der Waals surface area contributed by atoms with Crippen LogP contribution in [0.5, 0.6) is 5.75 Å². The Morgan fingerprint density at radius 2 is 1.87 bits per heavy atom. The van der Waals surface area contributed by atoms with Gasteiger partial charge in [-0.1, -0.05) is 36.1 Å². The lowest BCUT2D eigenvalue weighted by molar-refractivity contribution is -0.143. The molecule has 0 radical (unpaired) electrons. The Hall–Kier alpha value is -5.05. The van der Waals surface area contributed by atoms with E-state index in [4.69, 9.17) is 9.47 Å². The fraction of sp³-hybridized carbons (Fsp3) is 0.361. The minimum Gasteiger partial charge on any atom is -0.505 e. The van der Waals surface area contributed by atoms with E-state index in [9.17, 15) is 19.5 Å². The zero-order chi connectivity index (χ0) is 33.3. The third-order valence-electron chi connectivity index (χ3n) is 8.34. The van der Waals surface area contributed by atoms with Gasteiger partial charge in [0.05, 0.1) is 20.3 Å². The number of hydrogen-bond donors (Lipinski definition) is 3. The molecule has 1 aromatic heterocycles. The van der Waals surface area contributed by atoms with Gasteiger partial charge in [-0.3, -0.25) is 24.3 Å². The van der Waals surface area contributed by atoms with Crippen molar-refractivity contribution >= 4 is 23.3 Å². The van der Waals surface area contributed by atoms with Crippen LogP contribution >= 0.6 is 0 Å². The number of hydrogen-bond acceptors (Lipinski definition) is 9. The number of aromatic hydroxyl groups is 1. The van der Waals surface area contributed by atoms with Gasteiger partial charge in [-0.2, -0.15) is 5.10 Å². The van der Waals surface area contributed by atoms with E-state index in [1.54, 1.807) is 38.1 Å². The van der Waals surface area contributed by atoms with E-state index in [2.05, 4.69) is 37.2 Å². The SMILES string of the molecule is COC(=O)C1C(C)=NC(C)=C(C(=O)Nc2ccc(-c3n[nH]c(=O)cc3O)cc2)C1c1cccc(C#CCCCCN2CCOCC2)c1. The molecule has 1 fully saturated rings. The number of aliphatic imine (C=N–C) groups is 1. The van der Waals surface area contributed by atoms with Crippen molar-refractivity contribution in [1.29, 1.82) is 0 Å². The molecule has 3 aromatic rings. The molecule has 3 heterocycles. The van der Waals surface area contributed by atoms with Crippen LogP contribution in [0.1, 0.15) is 50.2 Å². The van der Waals surface area contributed by atoms with Crippen molar-refractivity contribution in [2.24, 2.45) is 10.9 Å². The van der Waals surface area contributed by atoms with Crippen molar-refractivity contribution in [2.75, 3.05) is 45.3 Å². The molecular formula is C36H39N5O6. The molecule has 11 heteroatoms. The molecule has 1 amide bonds. The Morgan fingerprint density at radius 1 is 1.11 bits per heavy atom. The fourth-order valence-electron chi connectivity index (χ4n) is 5.99. The number of carbonyl (C=O) groups is 2. The molecule has 0 spiro atoms. The number of ether oxygens (including phenoxy) is 2. The van der Waals surface area contributed by atoms with E-state index >= 15 is 0 Å². The van der Waals surface area contributed by atoms with Crippen molar-refractivity contribution in [3.05, 3.63) is 87.3 Å². The maximum absolute atomic E-state index is 13.9. The van der Waals surface area contributed by atoms with Gasteiger partial charge in [0.15, 0.2) is 0 Å². The number of unbranched alkanes of at least 4 members (excludes halogenated alkanes) is 2. The molecule has 0 aliphatic carbocycles. The predicted molar refractivity (Wildman–Crippen MR) is 179 cm³/mol. The van der Waals surface area contributed by atoms with E-state index in [-0.39, 0.29) is 11.4 Å². The summed E-state index contributed by atoms with van der Waals surface area (Å²) in [6, 6.07) is 15.3. The lowest BCUT2D eigenvalue weighted by atomic mass is 9.75. The molecule has 2 atom stereocenters. The number of benzene rings is 2. The first-order valence-corrected chi connectivity index (χ1v) is 15.7. The quantitative estimate of drug-likeness (QED) is 0.179. The average Bonchev–Trinajstić information content (AvgIpc) is 3.06. The first-order chi connectivity index (χ1) is 22.7.